The van der Waals surface area contributed by atoms with E-state index in [4.69, 9.17) is 14.4 Å². The van der Waals surface area contributed by atoms with E-state index in [0.717, 1.165) is 58.6 Å². The van der Waals surface area contributed by atoms with Crippen LogP contribution in [-0.2, 0) is 6.42 Å². The number of furan rings is 1. The van der Waals surface area contributed by atoms with E-state index in [9.17, 15) is 0 Å². The van der Waals surface area contributed by atoms with Gasteiger partial charge in [0.25, 0.3) is 0 Å². The van der Waals surface area contributed by atoms with Gasteiger partial charge in [-0.3, -0.25) is 4.99 Å². The molecule has 6 aromatic rings. The number of nitrogens with zero attached hydrogens (tertiary/aromatic N) is 2. The van der Waals surface area contributed by atoms with Crippen molar-refractivity contribution in [3.63, 3.8) is 0 Å². The summed E-state index contributed by atoms with van der Waals surface area (Å²) in [6, 6.07) is 39.4. The van der Waals surface area contributed by atoms with E-state index in [-0.39, 0.29) is 18.0 Å². The molecule has 6 aliphatic rings. The Bertz CT molecular complexity index is 3020. The highest BCUT2D eigenvalue weighted by atomic mass is 16.3. The molecule has 0 radical (unpaired) electrons. The van der Waals surface area contributed by atoms with Crippen LogP contribution in [0.3, 0.4) is 0 Å². The van der Waals surface area contributed by atoms with Crippen LogP contribution in [-0.4, -0.2) is 10.8 Å². The summed E-state index contributed by atoms with van der Waals surface area (Å²) in [5.41, 5.74) is 17.1. The fourth-order valence-corrected chi connectivity index (χ4v) is 10.5. The van der Waals surface area contributed by atoms with Crippen LogP contribution in [0.25, 0.3) is 39.1 Å². The Morgan fingerprint density at radius 3 is 2.37 bits per heavy atom. The maximum Gasteiger partial charge on any atom is 0.135 e. The van der Waals surface area contributed by atoms with Crippen molar-refractivity contribution in [2.45, 2.75) is 38.3 Å². The van der Waals surface area contributed by atoms with Crippen LogP contribution in [0, 0.1) is 17.8 Å². The number of fused-ring (bicyclic) bond motifs is 4. The molecule has 0 fully saturated rings. The maximum atomic E-state index is 6.74. The van der Waals surface area contributed by atoms with Crippen molar-refractivity contribution in [3.8, 4) is 0 Å². The number of aliphatic imine (C=N–C) groups is 1. The molecular formula is C55H43N3O. The lowest BCUT2D eigenvalue weighted by atomic mass is 9.64. The van der Waals surface area contributed by atoms with Crippen LogP contribution >= 0.6 is 0 Å². The summed E-state index contributed by atoms with van der Waals surface area (Å²) in [6.07, 6.45) is 25.8. The summed E-state index contributed by atoms with van der Waals surface area (Å²) >= 11 is 0. The second kappa shape index (κ2) is 13.7. The van der Waals surface area contributed by atoms with E-state index in [1.165, 1.54) is 61.1 Å². The van der Waals surface area contributed by atoms with Gasteiger partial charge in [0.05, 0.1) is 23.3 Å². The third-order valence-electron chi connectivity index (χ3n) is 13.5. The third-order valence-corrected chi connectivity index (χ3v) is 13.5. The molecule has 1 N–H and O–H groups in total. The number of hydrogen-bond donors (Lipinski definition) is 1. The molecule has 0 amide bonds. The molecule has 2 aromatic heterocycles. The van der Waals surface area contributed by atoms with Gasteiger partial charge in [-0.15, -0.1) is 0 Å². The summed E-state index contributed by atoms with van der Waals surface area (Å²) in [4.78, 5) is 10.6. The molecule has 4 heteroatoms. The van der Waals surface area contributed by atoms with Gasteiger partial charge in [0.15, 0.2) is 0 Å². The zero-order valence-corrected chi connectivity index (χ0v) is 33.0. The minimum absolute atomic E-state index is 0.0114. The quantitative estimate of drug-likeness (QED) is 0.184. The van der Waals surface area contributed by atoms with Gasteiger partial charge in [0.2, 0.25) is 0 Å². The van der Waals surface area contributed by atoms with Gasteiger partial charge in [-0.25, -0.2) is 4.98 Å². The number of pyridine rings is 1. The van der Waals surface area contributed by atoms with Crippen molar-refractivity contribution < 1.29 is 4.42 Å². The van der Waals surface area contributed by atoms with Gasteiger partial charge in [-0.05, 0) is 106 Å². The van der Waals surface area contributed by atoms with Crippen molar-refractivity contribution in [1.29, 1.82) is 0 Å². The Labute approximate surface area is 344 Å². The summed E-state index contributed by atoms with van der Waals surface area (Å²) in [7, 11) is 0. The Morgan fingerprint density at radius 2 is 1.49 bits per heavy atom. The molecule has 0 saturated carbocycles. The van der Waals surface area contributed by atoms with Gasteiger partial charge in [-0.1, -0.05) is 134 Å². The fraction of sp³-hybridized carbons (Fsp3) is 0.164. The molecule has 4 aromatic carbocycles. The zero-order valence-electron chi connectivity index (χ0n) is 33.0. The van der Waals surface area contributed by atoms with E-state index in [1.54, 1.807) is 0 Å². The van der Waals surface area contributed by atoms with Crippen LogP contribution in [0.1, 0.15) is 71.1 Å². The number of amidine groups is 1. The van der Waals surface area contributed by atoms with E-state index in [0.29, 0.717) is 11.8 Å². The fourth-order valence-electron chi connectivity index (χ4n) is 10.5. The molecule has 5 aliphatic carbocycles. The van der Waals surface area contributed by atoms with Crippen molar-refractivity contribution in [3.05, 3.63) is 225 Å². The first-order valence-electron chi connectivity index (χ1n) is 21.2. The minimum Gasteiger partial charge on any atom is -0.456 e. The van der Waals surface area contributed by atoms with Gasteiger partial charge >= 0.3 is 0 Å². The molecule has 0 bridgehead atoms. The van der Waals surface area contributed by atoms with E-state index >= 15 is 0 Å². The molecule has 0 saturated heterocycles. The van der Waals surface area contributed by atoms with Crippen LogP contribution < -0.4 is 5.32 Å². The van der Waals surface area contributed by atoms with Crippen LogP contribution in [0.2, 0.25) is 0 Å². The summed E-state index contributed by atoms with van der Waals surface area (Å²) in [5, 5.41) is 6.19. The highest BCUT2D eigenvalue weighted by Gasteiger charge is 2.38. The Balaban J connectivity index is 0.849. The third kappa shape index (κ3) is 5.73. The van der Waals surface area contributed by atoms with Crippen molar-refractivity contribution in [2.24, 2.45) is 22.7 Å². The highest BCUT2D eigenvalue weighted by Crippen LogP contribution is 2.50. The highest BCUT2D eigenvalue weighted by molar-refractivity contribution is 6.00. The summed E-state index contributed by atoms with van der Waals surface area (Å²) in [5.74, 6) is 3.00. The monoisotopic (exact) mass is 761 g/mol. The van der Waals surface area contributed by atoms with Crippen molar-refractivity contribution in [2.75, 3.05) is 0 Å². The Morgan fingerprint density at radius 1 is 0.678 bits per heavy atom. The number of benzene rings is 4. The predicted molar refractivity (Wildman–Crippen MR) is 242 cm³/mol. The number of allylic oxidation sites excluding steroid dienone is 15. The first kappa shape index (κ1) is 34.3. The lowest BCUT2D eigenvalue weighted by molar-refractivity contribution is 0.311. The molecule has 5 unspecified atom stereocenters. The minimum atomic E-state index is -0.0114. The second-order valence-corrected chi connectivity index (χ2v) is 16.8. The first-order valence-corrected chi connectivity index (χ1v) is 21.2. The summed E-state index contributed by atoms with van der Waals surface area (Å²) < 4.78 is 6.74. The lowest BCUT2D eigenvalue weighted by Gasteiger charge is -2.39. The van der Waals surface area contributed by atoms with Gasteiger partial charge in [-0.2, -0.15) is 0 Å². The van der Waals surface area contributed by atoms with Crippen molar-refractivity contribution in [1.82, 2.24) is 10.3 Å². The Hall–Kier alpha value is -6.78. The van der Waals surface area contributed by atoms with Gasteiger partial charge in [0, 0.05) is 45.2 Å². The number of nitrogens with one attached hydrogen (secondary N) is 1. The average molecular weight is 762 g/mol. The molecular weight excluding hydrogens is 719 g/mol. The topological polar surface area (TPSA) is 50.4 Å². The zero-order chi connectivity index (χ0) is 39.0. The smallest absolute Gasteiger partial charge is 0.135 e. The Kier molecular flexibility index (Phi) is 7.94. The molecule has 284 valence electrons. The molecule has 1 aliphatic heterocycles. The van der Waals surface area contributed by atoms with Crippen LogP contribution in [0.4, 0.5) is 0 Å². The molecule has 0 spiro atoms. The van der Waals surface area contributed by atoms with Gasteiger partial charge < -0.3 is 9.73 Å². The lowest BCUT2D eigenvalue weighted by Crippen LogP contribution is -2.41. The normalized spacial score (nSPS) is 23.8. The van der Waals surface area contributed by atoms with Crippen LogP contribution in [0.5, 0.6) is 0 Å². The SMILES string of the molecule is CCC1C(c2ccc3c4c(oc3c2)C=C(c2ccc3nc(C5=CC6=CC=C7C=CC=C8C=CC(=C5)C6C87)ccc3c2)CC4)N=C(c2ccccc2)NC1c1ccccc1. The molecule has 3 heterocycles. The molecule has 4 nitrogen and oxygen atoms in total. The summed E-state index contributed by atoms with van der Waals surface area (Å²) in [6.45, 7) is 2.28. The average Bonchev–Trinajstić information content (AvgIpc) is 3.67. The standard InChI is InChI=1S/C55H43N3O/c1-2-44-53(35-10-5-3-6-11-35)57-55(36-12-7-4-8-13-36)58-54(44)42-21-25-46-45-24-20-38(31-49(45)59-50(46)32-42)37-22-26-47-39(28-37)23-27-48(56-47)43-29-40-18-16-33-14-9-15-34-17-19-41(30-43)52(40)51(33)34/h3-19,21-23,25-32,44,51-54H,2,20,24H2,1H3,(H,57,58). The number of hydrogen-bond acceptors (Lipinski definition) is 4. The van der Waals surface area contributed by atoms with Gasteiger partial charge in [0.1, 0.15) is 17.2 Å². The number of aryl methyl sites for hydroxylation is 1. The largest absolute Gasteiger partial charge is 0.456 e. The number of rotatable bonds is 6. The van der Waals surface area contributed by atoms with E-state index in [1.807, 2.05) is 0 Å². The molecule has 59 heavy (non-hydrogen) atoms. The maximum absolute atomic E-state index is 6.74. The van der Waals surface area contributed by atoms with E-state index in [2.05, 4.69) is 182 Å². The molecule has 5 atom stereocenters. The predicted octanol–water partition coefficient (Wildman–Crippen LogP) is 12.8. The van der Waals surface area contributed by atoms with E-state index < -0.39 is 0 Å². The second-order valence-electron chi connectivity index (χ2n) is 16.8. The first-order chi connectivity index (χ1) is 29.1. The number of aromatic nitrogens is 1. The van der Waals surface area contributed by atoms with Crippen molar-refractivity contribution >= 4 is 44.9 Å². The molecule has 12 rings (SSSR count). The van der Waals surface area contributed by atoms with Crippen LogP contribution in [0.15, 0.2) is 196 Å².